The van der Waals surface area contributed by atoms with Gasteiger partial charge in [-0.05, 0) is 25.0 Å². The van der Waals surface area contributed by atoms with Crippen LogP contribution in [0.3, 0.4) is 0 Å². The van der Waals surface area contributed by atoms with Crippen LogP contribution < -0.4 is 0 Å². The monoisotopic (exact) mass is 134 g/mol. The minimum absolute atomic E-state index is 0.595. The van der Waals surface area contributed by atoms with Crippen molar-refractivity contribution in [3.8, 4) is 0 Å². The van der Waals surface area contributed by atoms with Gasteiger partial charge < -0.3 is 0 Å². The molecular formula is C10H14. The van der Waals surface area contributed by atoms with Crippen molar-refractivity contribution in [1.29, 1.82) is 0 Å². The van der Waals surface area contributed by atoms with Crippen LogP contribution in [0.4, 0.5) is 0 Å². The third-order valence-corrected chi connectivity index (χ3v) is 2.23. The highest BCUT2D eigenvalue weighted by Crippen LogP contribution is 2.33. The lowest BCUT2D eigenvalue weighted by Crippen LogP contribution is -1.92. The Kier molecular flexibility index (Phi) is 1.80. The van der Waals surface area contributed by atoms with Crippen molar-refractivity contribution in [2.75, 3.05) is 0 Å². The van der Waals surface area contributed by atoms with Gasteiger partial charge in [0.2, 0.25) is 0 Å². The quantitative estimate of drug-likeness (QED) is 0.477. The molecule has 0 aliphatic heterocycles. The topological polar surface area (TPSA) is 0 Å². The summed E-state index contributed by atoms with van der Waals surface area (Å²) >= 11 is 0. The SMILES string of the molecule is C=C1C=C(C)C(C)/C1=C/C. The van der Waals surface area contributed by atoms with Crippen LogP contribution in [0, 0.1) is 5.92 Å². The van der Waals surface area contributed by atoms with Crippen LogP contribution >= 0.6 is 0 Å². The summed E-state index contributed by atoms with van der Waals surface area (Å²) in [6, 6.07) is 0. The number of rotatable bonds is 0. The van der Waals surface area contributed by atoms with E-state index in [1.54, 1.807) is 0 Å². The van der Waals surface area contributed by atoms with Crippen LogP contribution in [0.5, 0.6) is 0 Å². The fourth-order valence-corrected chi connectivity index (χ4v) is 1.44. The highest BCUT2D eigenvalue weighted by atomic mass is 14.2. The predicted octanol–water partition coefficient (Wildman–Crippen LogP) is 3.08. The number of hydrogen-bond acceptors (Lipinski definition) is 0. The second-order valence-corrected chi connectivity index (χ2v) is 2.88. The molecule has 0 aromatic carbocycles. The Morgan fingerprint density at radius 3 is 2.40 bits per heavy atom. The molecule has 0 amide bonds. The van der Waals surface area contributed by atoms with Gasteiger partial charge in [0.1, 0.15) is 0 Å². The number of hydrogen-bond donors (Lipinski definition) is 0. The largest absolute Gasteiger partial charge is 0.0915 e. The molecule has 0 fully saturated rings. The molecule has 1 unspecified atom stereocenters. The summed E-state index contributed by atoms with van der Waals surface area (Å²) in [4.78, 5) is 0. The maximum Gasteiger partial charge on any atom is 0.00228 e. The molecule has 1 atom stereocenters. The Labute approximate surface area is 62.9 Å². The molecule has 0 N–H and O–H groups in total. The Balaban J connectivity index is 2.98. The standard InChI is InChI=1S/C10H14/c1-5-10-8(3)6-7(2)9(10)4/h5-6,9H,3H2,1-2,4H3/b10-5+. The molecule has 0 bridgehead atoms. The Morgan fingerprint density at radius 1 is 1.60 bits per heavy atom. The van der Waals surface area contributed by atoms with E-state index in [0.717, 1.165) is 0 Å². The molecular weight excluding hydrogens is 120 g/mol. The first-order chi connectivity index (χ1) is 4.66. The molecule has 1 rings (SSSR count). The predicted molar refractivity (Wildman–Crippen MR) is 45.8 cm³/mol. The molecule has 10 heavy (non-hydrogen) atoms. The average molecular weight is 134 g/mol. The van der Waals surface area contributed by atoms with Gasteiger partial charge in [-0.2, -0.15) is 0 Å². The van der Waals surface area contributed by atoms with Crippen molar-refractivity contribution in [3.63, 3.8) is 0 Å². The zero-order valence-corrected chi connectivity index (χ0v) is 6.94. The Bertz CT molecular complexity index is 216. The molecule has 0 radical (unpaired) electrons. The molecule has 54 valence electrons. The highest BCUT2D eigenvalue weighted by molar-refractivity contribution is 5.49. The molecule has 0 heterocycles. The maximum absolute atomic E-state index is 3.96. The minimum atomic E-state index is 0.595. The van der Waals surface area contributed by atoms with Crippen molar-refractivity contribution in [3.05, 3.63) is 35.5 Å². The van der Waals surface area contributed by atoms with Crippen LogP contribution in [0.2, 0.25) is 0 Å². The van der Waals surface area contributed by atoms with E-state index in [1.165, 1.54) is 16.7 Å². The number of allylic oxidation sites excluding steroid dienone is 5. The lowest BCUT2D eigenvalue weighted by atomic mass is 9.99. The molecule has 1 aliphatic rings. The summed E-state index contributed by atoms with van der Waals surface area (Å²) < 4.78 is 0. The molecule has 0 saturated carbocycles. The second-order valence-electron chi connectivity index (χ2n) is 2.88. The van der Waals surface area contributed by atoms with Crippen molar-refractivity contribution >= 4 is 0 Å². The molecule has 0 aromatic heterocycles. The third-order valence-electron chi connectivity index (χ3n) is 2.23. The molecule has 0 saturated heterocycles. The van der Waals surface area contributed by atoms with Gasteiger partial charge in [-0.1, -0.05) is 31.2 Å². The smallest absolute Gasteiger partial charge is 0.00228 e. The fourth-order valence-electron chi connectivity index (χ4n) is 1.44. The fraction of sp³-hybridized carbons (Fsp3) is 0.400. The van der Waals surface area contributed by atoms with Crippen molar-refractivity contribution in [1.82, 2.24) is 0 Å². The maximum atomic E-state index is 3.96. The lowest BCUT2D eigenvalue weighted by Gasteiger charge is -2.06. The van der Waals surface area contributed by atoms with E-state index >= 15 is 0 Å². The summed E-state index contributed by atoms with van der Waals surface area (Å²) in [5.74, 6) is 0.595. The molecule has 0 aromatic rings. The summed E-state index contributed by atoms with van der Waals surface area (Å²) in [5.41, 5.74) is 4.00. The van der Waals surface area contributed by atoms with Gasteiger partial charge in [-0.3, -0.25) is 0 Å². The summed E-state index contributed by atoms with van der Waals surface area (Å²) in [6.07, 6.45) is 4.32. The van der Waals surface area contributed by atoms with Crippen molar-refractivity contribution in [2.24, 2.45) is 5.92 Å². The van der Waals surface area contributed by atoms with Crippen molar-refractivity contribution in [2.45, 2.75) is 20.8 Å². The lowest BCUT2D eigenvalue weighted by molar-refractivity contribution is 0.844. The van der Waals surface area contributed by atoms with Gasteiger partial charge in [0.15, 0.2) is 0 Å². The van der Waals surface area contributed by atoms with E-state index in [4.69, 9.17) is 0 Å². The van der Waals surface area contributed by atoms with Gasteiger partial charge in [0.25, 0.3) is 0 Å². The van der Waals surface area contributed by atoms with Crippen molar-refractivity contribution < 1.29 is 0 Å². The summed E-state index contributed by atoms with van der Waals surface area (Å²) in [5, 5.41) is 0. The van der Waals surface area contributed by atoms with Crippen LogP contribution in [-0.2, 0) is 0 Å². The van der Waals surface area contributed by atoms with Gasteiger partial charge in [-0.25, -0.2) is 0 Å². The first kappa shape index (κ1) is 7.33. The Hall–Kier alpha value is -0.780. The molecule has 0 nitrogen and oxygen atoms in total. The highest BCUT2D eigenvalue weighted by Gasteiger charge is 2.17. The first-order valence-electron chi connectivity index (χ1n) is 3.70. The minimum Gasteiger partial charge on any atom is -0.0915 e. The van der Waals surface area contributed by atoms with Gasteiger partial charge in [0.05, 0.1) is 0 Å². The second kappa shape index (κ2) is 2.45. The average Bonchev–Trinajstić information content (AvgIpc) is 2.09. The van der Waals surface area contributed by atoms with Crippen LogP contribution in [0.15, 0.2) is 35.5 Å². The van der Waals surface area contributed by atoms with Crippen LogP contribution in [0.25, 0.3) is 0 Å². The summed E-state index contributed by atoms with van der Waals surface area (Å²) in [6.45, 7) is 10.4. The summed E-state index contributed by atoms with van der Waals surface area (Å²) in [7, 11) is 0. The Morgan fingerprint density at radius 2 is 2.20 bits per heavy atom. The van der Waals surface area contributed by atoms with Gasteiger partial charge in [-0.15, -0.1) is 0 Å². The van der Waals surface area contributed by atoms with Gasteiger partial charge >= 0.3 is 0 Å². The molecule has 1 aliphatic carbocycles. The van der Waals surface area contributed by atoms with E-state index in [9.17, 15) is 0 Å². The van der Waals surface area contributed by atoms with E-state index < -0.39 is 0 Å². The van der Waals surface area contributed by atoms with E-state index in [2.05, 4.69) is 39.5 Å². The van der Waals surface area contributed by atoms with E-state index in [-0.39, 0.29) is 0 Å². The van der Waals surface area contributed by atoms with Gasteiger partial charge in [0, 0.05) is 5.92 Å². The molecule has 0 heteroatoms. The van der Waals surface area contributed by atoms with E-state index in [0.29, 0.717) is 5.92 Å². The zero-order valence-electron chi connectivity index (χ0n) is 6.94. The normalized spacial score (nSPS) is 29.5. The zero-order chi connectivity index (χ0) is 7.72. The molecule has 0 spiro atoms. The van der Waals surface area contributed by atoms with E-state index in [1.807, 2.05) is 0 Å². The first-order valence-corrected chi connectivity index (χ1v) is 3.70. The van der Waals surface area contributed by atoms with Crippen LogP contribution in [0.1, 0.15) is 20.8 Å². The third kappa shape index (κ3) is 0.942. The van der Waals surface area contributed by atoms with Crippen LogP contribution in [-0.4, -0.2) is 0 Å².